The van der Waals surface area contributed by atoms with Crippen LogP contribution >= 0.6 is 7.82 Å². The summed E-state index contributed by atoms with van der Waals surface area (Å²) in [7, 11) is -5.11. The Balaban J connectivity index is -0.000000170. The molecule has 39 heavy (non-hydrogen) atoms. The van der Waals surface area contributed by atoms with Crippen molar-refractivity contribution in [2.75, 3.05) is 6.61 Å². The van der Waals surface area contributed by atoms with Crippen molar-refractivity contribution in [2.24, 2.45) is 0 Å². The molecule has 15 heteroatoms. The number of aliphatic hydroxyl groups is 6. The standard InChI is InChI=1S/C24H49O11P.2Ca.Mg.6H/c1-2-3-4-5-6-7-8-9-10-11-12-13-14-15-16-17-20(27)34-36(32,33)35-24(31)23(30)22(29)21(28)19(26)18-25;;;;;;;;;/h19,21-26,28-31H,2-18H2,1H3,(H,32,33);;;;;;;;;/q;3*+2;6*-1/t19-,21-,22+,23+,24?;;;;;;;;;/m1........./s1. The number of carbonyl (C=O) groups excluding carboxylic acids is 1. The zero-order valence-corrected chi connectivity index (χ0v) is 30.5. The van der Waals surface area contributed by atoms with Crippen LogP contribution in [0.4, 0.5) is 0 Å². The van der Waals surface area contributed by atoms with Crippen LogP contribution in [0.5, 0.6) is 0 Å². The normalized spacial score (nSPS) is 16.3. The minimum Gasteiger partial charge on any atom is -1.00 e. The first-order chi connectivity index (χ1) is 17.1. The summed E-state index contributed by atoms with van der Waals surface area (Å²) in [4.78, 5) is 21.4. The van der Waals surface area contributed by atoms with Crippen LogP contribution in [-0.4, -0.2) is 177 Å². The van der Waals surface area contributed by atoms with Crippen LogP contribution in [0, 0.1) is 0 Å². The molecule has 11 nitrogen and oxygen atoms in total. The molecule has 0 amide bonds. The Kier molecular flexibility index (Phi) is 38.2. The number of phosphoric acid groups is 1. The van der Waals surface area contributed by atoms with E-state index < -0.39 is 51.1 Å². The molecule has 0 rings (SSSR count). The van der Waals surface area contributed by atoms with E-state index >= 15 is 0 Å². The fraction of sp³-hybridized carbons (Fsp3) is 0.958. The molecule has 2 unspecified atom stereocenters. The quantitative estimate of drug-likeness (QED) is 0.0349. The molecule has 0 aromatic carbocycles. The monoisotopic (exact) mass is 654 g/mol. The van der Waals surface area contributed by atoms with Crippen molar-refractivity contribution >= 4 is 112 Å². The Labute approximate surface area is 318 Å². The molecule has 0 aliphatic rings. The van der Waals surface area contributed by atoms with E-state index in [9.17, 15) is 39.8 Å². The average molecular weight is 655 g/mol. The molecule has 0 aliphatic heterocycles. The predicted molar refractivity (Wildman–Crippen MR) is 158 cm³/mol. The second-order valence-electron chi connectivity index (χ2n) is 9.35. The molecule has 0 spiro atoms. The molecule has 0 fully saturated rings. The van der Waals surface area contributed by atoms with Crippen molar-refractivity contribution in [1.82, 2.24) is 0 Å². The minimum absolute atomic E-state index is 0. The van der Waals surface area contributed by atoms with Crippen molar-refractivity contribution in [3.63, 3.8) is 0 Å². The van der Waals surface area contributed by atoms with Crippen molar-refractivity contribution in [3.05, 3.63) is 0 Å². The second kappa shape index (κ2) is 30.7. The summed E-state index contributed by atoms with van der Waals surface area (Å²) >= 11 is 0. The number of carbonyl (C=O) groups is 1. The van der Waals surface area contributed by atoms with Gasteiger partial charge >= 0.3 is 112 Å². The summed E-state index contributed by atoms with van der Waals surface area (Å²) in [5, 5.41) is 56.5. The van der Waals surface area contributed by atoms with Gasteiger partial charge in [-0.3, -0.25) is 9.69 Å². The van der Waals surface area contributed by atoms with Gasteiger partial charge < -0.3 is 43.7 Å². The molecular formula is C24H55Ca2MgO11P. The van der Waals surface area contributed by atoms with E-state index in [4.69, 9.17) is 5.11 Å². The molecule has 0 saturated carbocycles. The minimum atomic E-state index is -5.11. The molecule has 0 saturated heterocycles. The smallest absolute Gasteiger partial charge is 1.00 e. The van der Waals surface area contributed by atoms with E-state index in [2.05, 4.69) is 16.0 Å². The van der Waals surface area contributed by atoms with Gasteiger partial charge in [0.1, 0.15) is 24.4 Å². The third kappa shape index (κ3) is 26.8. The molecule has 0 bridgehead atoms. The fourth-order valence-corrected chi connectivity index (χ4v) is 4.53. The van der Waals surface area contributed by atoms with Crippen LogP contribution in [0.25, 0.3) is 0 Å². The number of aliphatic hydroxyl groups excluding tert-OH is 6. The van der Waals surface area contributed by atoms with Crippen LogP contribution in [-0.2, 0) is 18.4 Å². The van der Waals surface area contributed by atoms with E-state index in [0.717, 1.165) is 25.7 Å². The summed E-state index contributed by atoms with van der Waals surface area (Å²) in [5.41, 5.74) is 0. The molecule has 0 aromatic heterocycles. The molecule has 0 radical (unpaired) electrons. The molecular weight excluding hydrogens is 600 g/mol. The zero-order valence-electron chi connectivity index (χ0n) is 29.7. The number of hydrogen-bond donors (Lipinski definition) is 7. The largest absolute Gasteiger partial charge is 2.00 e. The first kappa shape index (κ1) is 48.6. The van der Waals surface area contributed by atoms with Gasteiger partial charge in [-0.15, -0.1) is 0 Å². The summed E-state index contributed by atoms with van der Waals surface area (Å²) in [6.45, 7) is 1.28. The Morgan fingerprint density at radius 3 is 1.49 bits per heavy atom. The van der Waals surface area contributed by atoms with E-state index in [-0.39, 0.29) is 114 Å². The topological polar surface area (TPSA) is 194 Å². The van der Waals surface area contributed by atoms with Crippen LogP contribution in [0.2, 0.25) is 0 Å². The van der Waals surface area contributed by atoms with Gasteiger partial charge in [-0.1, -0.05) is 96.8 Å². The molecule has 7 N–H and O–H groups in total. The van der Waals surface area contributed by atoms with Crippen molar-refractivity contribution in [1.29, 1.82) is 0 Å². The predicted octanol–water partition coefficient (Wildman–Crippen LogP) is 2.20. The number of hydrogen-bond acceptors (Lipinski definition) is 10. The molecule has 6 atom stereocenters. The van der Waals surface area contributed by atoms with Gasteiger partial charge in [-0.05, 0) is 6.42 Å². The van der Waals surface area contributed by atoms with Gasteiger partial charge in [0, 0.05) is 6.42 Å². The fourth-order valence-electron chi connectivity index (χ4n) is 3.74. The molecule has 0 aromatic rings. The zero-order chi connectivity index (χ0) is 27.4. The Bertz CT molecular complexity index is 636. The van der Waals surface area contributed by atoms with Gasteiger partial charge in [0.05, 0.1) is 6.61 Å². The SMILES string of the molecule is CCCCCCCCCCCCCCCCCC(=O)OP(=O)(O)OC(O)[C@@H](O)[C@@H](O)[C@H](O)[C@H](O)CO.[Ca+2].[Ca+2].[H-].[H-].[H-].[H-].[H-].[H-].[Mg+2]. The van der Waals surface area contributed by atoms with Gasteiger partial charge in [0.2, 0.25) is 0 Å². The maximum Gasteiger partial charge on any atom is 2.00 e. The number of rotatable bonds is 24. The third-order valence-corrected chi connectivity index (χ3v) is 6.93. The van der Waals surface area contributed by atoms with Crippen LogP contribution in [0.15, 0.2) is 0 Å². The second-order valence-corrected chi connectivity index (χ2v) is 10.7. The molecule has 0 aliphatic carbocycles. The van der Waals surface area contributed by atoms with Crippen molar-refractivity contribution < 1.29 is 62.5 Å². The first-order valence-electron chi connectivity index (χ1n) is 13.3. The molecule has 228 valence electrons. The summed E-state index contributed by atoms with van der Waals surface area (Å²) < 4.78 is 20.4. The van der Waals surface area contributed by atoms with E-state index in [0.29, 0.717) is 6.42 Å². The van der Waals surface area contributed by atoms with Crippen molar-refractivity contribution in [3.8, 4) is 0 Å². The van der Waals surface area contributed by atoms with E-state index in [1.165, 1.54) is 64.2 Å². The average Bonchev–Trinajstić information content (AvgIpc) is 2.83. The molecule has 0 heterocycles. The van der Waals surface area contributed by atoms with E-state index in [1.54, 1.807) is 0 Å². The summed E-state index contributed by atoms with van der Waals surface area (Å²) in [6, 6.07) is 0. The maximum atomic E-state index is 11.9. The van der Waals surface area contributed by atoms with Gasteiger partial charge in [-0.2, -0.15) is 0 Å². The van der Waals surface area contributed by atoms with Crippen LogP contribution < -0.4 is 0 Å². The Morgan fingerprint density at radius 2 is 1.10 bits per heavy atom. The van der Waals surface area contributed by atoms with E-state index in [1.807, 2.05) is 0 Å². The van der Waals surface area contributed by atoms with Crippen LogP contribution in [0.3, 0.4) is 0 Å². The summed E-state index contributed by atoms with van der Waals surface area (Å²) in [5.74, 6) is -1.02. The Hall–Kier alpha value is 2.67. The maximum absolute atomic E-state index is 11.9. The number of unbranched alkanes of at least 4 members (excludes halogenated alkanes) is 14. The van der Waals surface area contributed by atoms with Crippen LogP contribution in [0.1, 0.15) is 118 Å². The van der Waals surface area contributed by atoms with Gasteiger partial charge in [0.25, 0.3) is 0 Å². The third-order valence-electron chi connectivity index (χ3n) is 6.02. The van der Waals surface area contributed by atoms with Crippen molar-refractivity contribution in [2.45, 2.75) is 140 Å². The van der Waals surface area contributed by atoms with Gasteiger partial charge in [-0.25, -0.2) is 9.09 Å². The Morgan fingerprint density at radius 1 is 0.718 bits per heavy atom. The first-order valence-corrected chi connectivity index (χ1v) is 14.8. The number of phosphoric ester groups is 1. The summed E-state index contributed by atoms with van der Waals surface area (Å²) in [6.07, 6.45) is 6.20. The van der Waals surface area contributed by atoms with Gasteiger partial charge in [0.15, 0.2) is 6.29 Å².